The lowest BCUT2D eigenvalue weighted by molar-refractivity contribution is 0.0456. The van der Waals surface area contributed by atoms with Gasteiger partial charge in [-0.3, -0.25) is 0 Å². The minimum absolute atomic E-state index is 0.264. The summed E-state index contributed by atoms with van der Waals surface area (Å²) in [5, 5.41) is 17.0. The molecule has 1 aromatic heterocycles. The van der Waals surface area contributed by atoms with E-state index in [0.717, 1.165) is 42.4 Å². The van der Waals surface area contributed by atoms with Crippen molar-refractivity contribution in [3.8, 4) is 0 Å². The Kier molecular flexibility index (Phi) is 6.40. The Bertz CT molecular complexity index is 456. The molecule has 0 aliphatic carbocycles. The van der Waals surface area contributed by atoms with Gasteiger partial charge in [-0.05, 0) is 26.7 Å². The minimum Gasteiger partial charge on any atom is -0.388 e. The van der Waals surface area contributed by atoms with E-state index in [2.05, 4.69) is 41.4 Å². The molecule has 120 valence electrons. The normalized spacial score (nSPS) is 11.8. The molecule has 1 rings (SSSR count). The van der Waals surface area contributed by atoms with Gasteiger partial charge in [0.15, 0.2) is 0 Å². The molecule has 0 bridgehead atoms. The predicted octanol–water partition coefficient (Wildman–Crippen LogP) is 3.30. The summed E-state index contributed by atoms with van der Waals surface area (Å²) in [5.74, 6) is 2.76. The third kappa shape index (κ3) is 4.56. The molecule has 21 heavy (non-hydrogen) atoms. The van der Waals surface area contributed by atoms with Crippen LogP contribution in [0.5, 0.6) is 0 Å². The van der Waals surface area contributed by atoms with Gasteiger partial charge in [-0.25, -0.2) is 9.97 Å². The van der Waals surface area contributed by atoms with Crippen LogP contribution in [0.1, 0.15) is 64.8 Å². The third-order valence-corrected chi connectivity index (χ3v) is 3.92. The first kappa shape index (κ1) is 17.7. The second-order valence-electron chi connectivity index (χ2n) is 5.87. The molecule has 3 N–H and O–H groups in total. The summed E-state index contributed by atoms with van der Waals surface area (Å²) in [5.41, 5.74) is 0.309. The van der Waals surface area contributed by atoms with Crippen LogP contribution in [0, 0.1) is 6.92 Å². The molecule has 0 aliphatic rings. The summed E-state index contributed by atoms with van der Waals surface area (Å²) in [7, 11) is 0. The van der Waals surface area contributed by atoms with Crippen LogP contribution in [0.25, 0.3) is 0 Å². The number of nitrogens with zero attached hydrogens (tertiary/aromatic N) is 2. The van der Waals surface area contributed by atoms with Crippen molar-refractivity contribution in [2.75, 3.05) is 23.7 Å². The van der Waals surface area contributed by atoms with Crippen LogP contribution >= 0.6 is 0 Å². The first-order chi connectivity index (χ1) is 9.86. The van der Waals surface area contributed by atoms with E-state index in [1.807, 2.05) is 20.8 Å². The van der Waals surface area contributed by atoms with Crippen molar-refractivity contribution >= 4 is 11.6 Å². The molecule has 0 amide bonds. The van der Waals surface area contributed by atoms with Gasteiger partial charge in [0.25, 0.3) is 0 Å². The summed E-state index contributed by atoms with van der Waals surface area (Å²) in [6, 6.07) is 0. The second-order valence-corrected chi connectivity index (χ2v) is 5.87. The summed E-state index contributed by atoms with van der Waals surface area (Å²) in [4.78, 5) is 9.20. The second kappa shape index (κ2) is 7.59. The standard InChI is InChI=1S/C16H30N4O/c1-7-16(21,8-2)10-18-15-12(6)14(17-9-3)19-13(20-15)11(4)5/h11,21H,7-10H2,1-6H3,(H2,17,18,19,20). The Balaban J connectivity index is 3.04. The van der Waals surface area contributed by atoms with Gasteiger partial charge in [0.1, 0.15) is 17.5 Å². The van der Waals surface area contributed by atoms with E-state index in [9.17, 15) is 5.11 Å². The quantitative estimate of drug-likeness (QED) is 0.686. The monoisotopic (exact) mass is 294 g/mol. The van der Waals surface area contributed by atoms with Crippen LogP contribution in [0.15, 0.2) is 0 Å². The average molecular weight is 294 g/mol. The van der Waals surface area contributed by atoms with E-state index in [0.29, 0.717) is 6.54 Å². The molecule has 0 saturated heterocycles. The molecular weight excluding hydrogens is 264 g/mol. The molecular formula is C16H30N4O. The van der Waals surface area contributed by atoms with E-state index in [-0.39, 0.29) is 5.92 Å². The van der Waals surface area contributed by atoms with Crippen LogP contribution in [0.3, 0.4) is 0 Å². The Hall–Kier alpha value is -1.36. The predicted molar refractivity (Wildman–Crippen MR) is 89.0 cm³/mol. The molecule has 1 heterocycles. The number of aromatic nitrogens is 2. The van der Waals surface area contributed by atoms with Crippen LogP contribution in [0.2, 0.25) is 0 Å². The number of anilines is 2. The minimum atomic E-state index is -0.687. The molecule has 0 radical (unpaired) electrons. The van der Waals surface area contributed by atoms with Gasteiger partial charge in [0.2, 0.25) is 0 Å². The Labute approximate surface area is 128 Å². The summed E-state index contributed by atoms with van der Waals surface area (Å²) in [6.07, 6.45) is 1.44. The molecule has 0 aromatic carbocycles. The smallest absolute Gasteiger partial charge is 0.135 e. The molecule has 1 aromatic rings. The number of hydrogen-bond donors (Lipinski definition) is 3. The maximum atomic E-state index is 10.4. The molecule has 0 unspecified atom stereocenters. The van der Waals surface area contributed by atoms with Gasteiger partial charge in [-0.2, -0.15) is 0 Å². The molecule has 0 atom stereocenters. The molecule has 0 saturated carbocycles. The van der Waals surface area contributed by atoms with Gasteiger partial charge in [-0.15, -0.1) is 0 Å². The van der Waals surface area contributed by atoms with Crippen molar-refractivity contribution in [3.05, 3.63) is 11.4 Å². The van der Waals surface area contributed by atoms with E-state index in [1.54, 1.807) is 0 Å². The van der Waals surface area contributed by atoms with Gasteiger partial charge in [0.05, 0.1) is 5.60 Å². The maximum Gasteiger partial charge on any atom is 0.135 e. The molecule has 5 heteroatoms. The molecule has 0 aliphatic heterocycles. The molecule has 5 nitrogen and oxygen atoms in total. The van der Waals surface area contributed by atoms with Crippen LogP contribution in [-0.2, 0) is 0 Å². The fourth-order valence-electron chi connectivity index (χ4n) is 2.05. The van der Waals surface area contributed by atoms with Crippen molar-refractivity contribution in [2.24, 2.45) is 0 Å². The van der Waals surface area contributed by atoms with E-state index >= 15 is 0 Å². The van der Waals surface area contributed by atoms with Crippen molar-refractivity contribution < 1.29 is 5.11 Å². The number of rotatable bonds is 8. The van der Waals surface area contributed by atoms with Gasteiger partial charge in [0, 0.05) is 24.6 Å². The summed E-state index contributed by atoms with van der Waals surface area (Å²) >= 11 is 0. The number of hydrogen-bond acceptors (Lipinski definition) is 5. The van der Waals surface area contributed by atoms with Crippen molar-refractivity contribution in [3.63, 3.8) is 0 Å². The van der Waals surface area contributed by atoms with Crippen molar-refractivity contribution in [2.45, 2.75) is 65.9 Å². The summed E-state index contributed by atoms with van der Waals surface area (Å²) < 4.78 is 0. The van der Waals surface area contributed by atoms with E-state index < -0.39 is 5.60 Å². The first-order valence-electron chi connectivity index (χ1n) is 7.95. The zero-order valence-corrected chi connectivity index (χ0v) is 14.2. The zero-order chi connectivity index (χ0) is 16.0. The van der Waals surface area contributed by atoms with Gasteiger partial charge < -0.3 is 15.7 Å². The van der Waals surface area contributed by atoms with Gasteiger partial charge in [-0.1, -0.05) is 27.7 Å². The topological polar surface area (TPSA) is 70.1 Å². The average Bonchev–Trinajstić information content (AvgIpc) is 2.47. The van der Waals surface area contributed by atoms with Crippen LogP contribution in [-0.4, -0.2) is 33.8 Å². The highest BCUT2D eigenvalue weighted by atomic mass is 16.3. The number of aliphatic hydroxyl groups is 1. The Morgan fingerprint density at radius 2 is 1.57 bits per heavy atom. The van der Waals surface area contributed by atoms with Crippen LogP contribution in [0.4, 0.5) is 11.6 Å². The van der Waals surface area contributed by atoms with E-state index in [4.69, 9.17) is 0 Å². The lowest BCUT2D eigenvalue weighted by atomic mass is 9.97. The molecule has 0 spiro atoms. The molecule has 0 fully saturated rings. The highest BCUT2D eigenvalue weighted by Gasteiger charge is 2.23. The van der Waals surface area contributed by atoms with E-state index in [1.165, 1.54) is 0 Å². The Morgan fingerprint density at radius 1 is 1.05 bits per heavy atom. The SMILES string of the molecule is CCNc1nc(C(C)C)nc(NCC(O)(CC)CC)c1C. The largest absolute Gasteiger partial charge is 0.388 e. The van der Waals surface area contributed by atoms with Crippen molar-refractivity contribution in [1.82, 2.24) is 9.97 Å². The summed E-state index contributed by atoms with van der Waals surface area (Å²) in [6.45, 7) is 13.5. The van der Waals surface area contributed by atoms with Gasteiger partial charge >= 0.3 is 0 Å². The first-order valence-corrected chi connectivity index (χ1v) is 7.95. The van der Waals surface area contributed by atoms with Crippen LogP contribution < -0.4 is 10.6 Å². The highest BCUT2D eigenvalue weighted by Crippen LogP contribution is 2.24. The zero-order valence-electron chi connectivity index (χ0n) is 14.2. The Morgan fingerprint density at radius 3 is 2.00 bits per heavy atom. The fraction of sp³-hybridized carbons (Fsp3) is 0.750. The number of nitrogens with one attached hydrogen (secondary N) is 2. The third-order valence-electron chi connectivity index (χ3n) is 3.92. The maximum absolute atomic E-state index is 10.4. The lowest BCUT2D eigenvalue weighted by Gasteiger charge is -2.26. The highest BCUT2D eigenvalue weighted by molar-refractivity contribution is 5.57. The lowest BCUT2D eigenvalue weighted by Crippen LogP contribution is -2.35. The van der Waals surface area contributed by atoms with Crippen molar-refractivity contribution in [1.29, 1.82) is 0 Å². The fourth-order valence-corrected chi connectivity index (χ4v) is 2.05.